The number of sulfonamides is 1. The van der Waals surface area contributed by atoms with Crippen LogP contribution < -0.4 is 4.72 Å². The van der Waals surface area contributed by atoms with Crippen LogP contribution in [0.25, 0.3) is 0 Å². The van der Waals surface area contributed by atoms with Crippen molar-refractivity contribution < 1.29 is 13.5 Å². The molecule has 0 amide bonds. The van der Waals surface area contributed by atoms with Crippen molar-refractivity contribution >= 4 is 15.7 Å². The highest BCUT2D eigenvalue weighted by atomic mass is 32.2. The lowest BCUT2D eigenvalue weighted by Crippen LogP contribution is -2.15. The summed E-state index contributed by atoms with van der Waals surface area (Å²) in [5.41, 5.74) is 1.42. The summed E-state index contributed by atoms with van der Waals surface area (Å²) in [5.74, 6) is 0. The first-order chi connectivity index (χ1) is 9.03. The number of rotatable bonds is 4. The Labute approximate surface area is 111 Å². The molecular formula is C12H13N3O3S. The Hall–Kier alpha value is -1.99. The first-order valence-electron chi connectivity index (χ1n) is 5.51. The molecule has 19 heavy (non-hydrogen) atoms. The highest BCUT2D eigenvalue weighted by molar-refractivity contribution is 7.92. The second kappa shape index (κ2) is 5.33. The summed E-state index contributed by atoms with van der Waals surface area (Å²) in [6, 6.07) is 4.78. The van der Waals surface area contributed by atoms with Crippen molar-refractivity contribution in [2.75, 3.05) is 4.72 Å². The Morgan fingerprint density at radius 2 is 1.95 bits per heavy atom. The molecule has 0 unspecified atom stereocenters. The zero-order valence-electron chi connectivity index (χ0n) is 10.2. The van der Waals surface area contributed by atoms with Crippen LogP contribution in [0.3, 0.4) is 0 Å². The Balaban J connectivity index is 2.39. The van der Waals surface area contributed by atoms with Crippen molar-refractivity contribution in [1.29, 1.82) is 0 Å². The van der Waals surface area contributed by atoms with Crippen molar-refractivity contribution in [1.82, 2.24) is 9.97 Å². The van der Waals surface area contributed by atoms with Gasteiger partial charge in [-0.1, -0.05) is 12.1 Å². The van der Waals surface area contributed by atoms with Crippen LogP contribution in [0.2, 0.25) is 0 Å². The Morgan fingerprint density at radius 1 is 1.26 bits per heavy atom. The molecule has 2 aromatic rings. The van der Waals surface area contributed by atoms with Crippen molar-refractivity contribution in [2.45, 2.75) is 18.4 Å². The average Bonchev–Trinajstić information content (AvgIpc) is 2.39. The monoisotopic (exact) mass is 279 g/mol. The zero-order chi connectivity index (χ0) is 13.9. The first-order valence-corrected chi connectivity index (χ1v) is 6.99. The molecule has 0 aliphatic carbocycles. The minimum Gasteiger partial charge on any atom is -0.392 e. The van der Waals surface area contributed by atoms with Crippen LogP contribution in [0.1, 0.15) is 11.1 Å². The van der Waals surface area contributed by atoms with E-state index in [1.165, 1.54) is 24.8 Å². The number of benzene rings is 1. The van der Waals surface area contributed by atoms with E-state index in [-0.39, 0.29) is 17.2 Å². The molecule has 100 valence electrons. The van der Waals surface area contributed by atoms with Gasteiger partial charge in [0.25, 0.3) is 10.0 Å². The SMILES string of the molecule is Cc1ccc(CO)cc1S(=O)(=O)Nc1cncnc1. The van der Waals surface area contributed by atoms with Crippen LogP contribution in [0.5, 0.6) is 0 Å². The normalized spacial score (nSPS) is 11.3. The summed E-state index contributed by atoms with van der Waals surface area (Å²) in [4.78, 5) is 7.61. The van der Waals surface area contributed by atoms with Gasteiger partial charge >= 0.3 is 0 Å². The van der Waals surface area contributed by atoms with E-state index < -0.39 is 10.0 Å². The highest BCUT2D eigenvalue weighted by Gasteiger charge is 2.17. The fourth-order valence-corrected chi connectivity index (χ4v) is 2.92. The minimum atomic E-state index is -3.72. The van der Waals surface area contributed by atoms with E-state index in [9.17, 15) is 8.42 Å². The molecule has 2 N–H and O–H groups in total. The Bertz CT molecular complexity index is 672. The minimum absolute atomic E-state index is 0.128. The fraction of sp³-hybridized carbons (Fsp3) is 0.167. The van der Waals surface area contributed by atoms with E-state index in [0.29, 0.717) is 11.1 Å². The predicted molar refractivity (Wildman–Crippen MR) is 69.9 cm³/mol. The molecule has 2 rings (SSSR count). The van der Waals surface area contributed by atoms with Gasteiger partial charge in [-0.25, -0.2) is 18.4 Å². The van der Waals surface area contributed by atoms with Crippen LogP contribution in [-0.4, -0.2) is 23.5 Å². The summed E-state index contributed by atoms with van der Waals surface area (Å²) >= 11 is 0. The van der Waals surface area contributed by atoms with Gasteiger partial charge < -0.3 is 5.11 Å². The summed E-state index contributed by atoms with van der Waals surface area (Å²) < 4.78 is 26.9. The molecule has 0 saturated carbocycles. The van der Waals surface area contributed by atoms with Gasteiger partial charge in [0.05, 0.1) is 29.6 Å². The summed E-state index contributed by atoms with van der Waals surface area (Å²) in [7, 11) is -3.72. The number of hydrogen-bond acceptors (Lipinski definition) is 5. The average molecular weight is 279 g/mol. The van der Waals surface area contributed by atoms with Gasteiger partial charge in [-0.2, -0.15) is 0 Å². The lowest BCUT2D eigenvalue weighted by molar-refractivity contribution is 0.281. The molecule has 0 atom stereocenters. The molecule has 0 aliphatic heterocycles. The molecule has 1 aromatic heterocycles. The van der Waals surface area contributed by atoms with Gasteiger partial charge in [-0.15, -0.1) is 0 Å². The van der Waals surface area contributed by atoms with Crippen molar-refractivity contribution in [3.8, 4) is 0 Å². The molecule has 0 fully saturated rings. The van der Waals surface area contributed by atoms with Gasteiger partial charge in [0, 0.05) is 0 Å². The Morgan fingerprint density at radius 3 is 2.58 bits per heavy atom. The van der Waals surface area contributed by atoms with Crippen LogP contribution in [0.4, 0.5) is 5.69 Å². The van der Waals surface area contributed by atoms with Crippen molar-refractivity contribution in [3.63, 3.8) is 0 Å². The van der Waals surface area contributed by atoms with Crippen LogP contribution in [0.15, 0.2) is 41.8 Å². The molecule has 0 aliphatic rings. The summed E-state index contributed by atoms with van der Waals surface area (Å²) in [6.45, 7) is 1.48. The lowest BCUT2D eigenvalue weighted by Gasteiger charge is -2.10. The summed E-state index contributed by atoms with van der Waals surface area (Å²) in [6.07, 6.45) is 4.06. The molecule has 7 heteroatoms. The Kier molecular flexibility index (Phi) is 3.77. The van der Waals surface area contributed by atoms with E-state index in [0.717, 1.165) is 0 Å². The van der Waals surface area contributed by atoms with Gasteiger partial charge in [0.1, 0.15) is 6.33 Å². The van der Waals surface area contributed by atoms with Crippen LogP contribution in [0, 0.1) is 6.92 Å². The number of aliphatic hydroxyl groups is 1. The van der Waals surface area contributed by atoms with E-state index in [1.54, 1.807) is 19.1 Å². The summed E-state index contributed by atoms with van der Waals surface area (Å²) in [5, 5.41) is 9.07. The van der Waals surface area contributed by atoms with E-state index in [4.69, 9.17) is 5.11 Å². The third-order valence-corrected chi connectivity index (χ3v) is 4.06. The third kappa shape index (κ3) is 3.07. The maximum absolute atomic E-state index is 12.2. The standard InChI is InChI=1S/C12H13N3O3S/c1-9-2-3-10(7-16)4-12(9)19(17,18)15-11-5-13-8-14-6-11/h2-6,8,15-16H,7H2,1H3. The third-order valence-electron chi connectivity index (χ3n) is 2.54. The molecule has 1 aromatic carbocycles. The smallest absolute Gasteiger partial charge is 0.262 e. The number of aromatic nitrogens is 2. The van der Waals surface area contributed by atoms with Gasteiger partial charge in [0.15, 0.2) is 0 Å². The first kappa shape index (κ1) is 13.4. The topological polar surface area (TPSA) is 92.2 Å². The number of nitrogens with zero attached hydrogens (tertiary/aromatic N) is 2. The largest absolute Gasteiger partial charge is 0.392 e. The number of aryl methyl sites for hydroxylation is 1. The second-order valence-electron chi connectivity index (χ2n) is 3.99. The fourth-order valence-electron chi connectivity index (χ4n) is 1.59. The quantitative estimate of drug-likeness (QED) is 0.873. The van der Waals surface area contributed by atoms with Gasteiger partial charge in [0.2, 0.25) is 0 Å². The highest BCUT2D eigenvalue weighted by Crippen LogP contribution is 2.20. The van der Waals surface area contributed by atoms with Gasteiger partial charge in [-0.05, 0) is 24.1 Å². The van der Waals surface area contributed by atoms with Crippen LogP contribution in [-0.2, 0) is 16.6 Å². The molecule has 0 bridgehead atoms. The number of nitrogens with one attached hydrogen (secondary N) is 1. The molecule has 0 spiro atoms. The van der Waals surface area contributed by atoms with Crippen molar-refractivity contribution in [2.24, 2.45) is 0 Å². The second-order valence-corrected chi connectivity index (χ2v) is 5.64. The number of aliphatic hydroxyl groups excluding tert-OH is 1. The van der Waals surface area contributed by atoms with Gasteiger partial charge in [-0.3, -0.25) is 4.72 Å². The molecule has 6 nitrogen and oxygen atoms in total. The maximum Gasteiger partial charge on any atom is 0.262 e. The van der Waals surface area contributed by atoms with Crippen LogP contribution >= 0.6 is 0 Å². The molecule has 1 heterocycles. The zero-order valence-corrected chi connectivity index (χ0v) is 11.1. The van der Waals surface area contributed by atoms with Crippen molar-refractivity contribution in [3.05, 3.63) is 48.0 Å². The number of hydrogen-bond donors (Lipinski definition) is 2. The number of anilines is 1. The molecular weight excluding hydrogens is 266 g/mol. The lowest BCUT2D eigenvalue weighted by atomic mass is 10.2. The predicted octanol–water partition coefficient (Wildman–Crippen LogP) is 1.08. The van der Waals surface area contributed by atoms with E-state index in [1.807, 2.05) is 0 Å². The molecule has 0 saturated heterocycles. The van der Waals surface area contributed by atoms with E-state index in [2.05, 4.69) is 14.7 Å². The molecule has 0 radical (unpaired) electrons. The van der Waals surface area contributed by atoms with E-state index >= 15 is 0 Å². The maximum atomic E-state index is 12.2.